The summed E-state index contributed by atoms with van der Waals surface area (Å²) in [6.07, 6.45) is 7.00. The van der Waals surface area contributed by atoms with E-state index in [9.17, 15) is 28.8 Å². The topological polar surface area (TPSA) is 276 Å². The third-order valence-electron chi connectivity index (χ3n) is 11.1. The molecule has 1 fully saturated rings. The first-order valence-corrected chi connectivity index (χ1v) is 25.9. The van der Waals surface area contributed by atoms with Crippen molar-refractivity contribution in [2.75, 3.05) is 185 Å². The lowest BCUT2D eigenvalue weighted by atomic mass is 10.0. The first-order valence-electron chi connectivity index (χ1n) is 25.9. The maximum Gasteiger partial charge on any atom is 0.407 e. The van der Waals surface area contributed by atoms with Gasteiger partial charge in [-0.25, -0.2) is 9.79 Å². The van der Waals surface area contributed by atoms with Crippen molar-refractivity contribution < 1.29 is 80.9 Å². The van der Waals surface area contributed by atoms with E-state index in [-0.39, 0.29) is 51.1 Å². The number of likely N-dealkylation sites (tertiary alicyclic amines) is 1. The van der Waals surface area contributed by atoms with Gasteiger partial charge < -0.3 is 78.3 Å². The molecule has 3 heterocycles. The van der Waals surface area contributed by atoms with E-state index in [1.54, 1.807) is 17.0 Å². The molecule has 1 aromatic rings. The third kappa shape index (κ3) is 26.8. The summed E-state index contributed by atoms with van der Waals surface area (Å²) in [6.45, 7) is 12.8. The van der Waals surface area contributed by atoms with E-state index in [1.807, 2.05) is 24.0 Å². The number of nitrogens with zero attached hydrogens (tertiary/aromatic N) is 4. The maximum atomic E-state index is 13.7. The number of imide groups is 1. The highest BCUT2D eigenvalue weighted by Crippen LogP contribution is 2.29. The number of alkyl carbamates (subject to hydrolysis) is 1. The van der Waals surface area contributed by atoms with Crippen LogP contribution in [0.15, 0.2) is 40.9 Å². The van der Waals surface area contributed by atoms with Crippen LogP contribution in [0.25, 0.3) is 6.08 Å². The fourth-order valence-electron chi connectivity index (χ4n) is 7.39. The lowest BCUT2D eigenvalue weighted by Crippen LogP contribution is -2.41. The number of hydrogen-bond donors (Lipinski definition) is 3. The molecule has 0 radical (unpaired) electrons. The van der Waals surface area contributed by atoms with Gasteiger partial charge in [0.1, 0.15) is 19.0 Å². The lowest BCUT2D eigenvalue weighted by Gasteiger charge is -2.23. The van der Waals surface area contributed by atoms with E-state index < -0.39 is 23.8 Å². The summed E-state index contributed by atoms with van der Waals surface area (Å²) in [7, 11) is 0. The molecule has 0 bridgehead atoms. The highest BCUT2D eigenvalue weighted by Gasteiger charge is 2.26. The molecule has 1 aromatic carbocycles. The third-order valence-corrected chi connectivity index (χ3v) is 11.1. The lowest BCUT2D eigenvalue weighted by molar-refractivity contribution is -0.141. The van der Waals surface area contributed by atoms with Gasteiger partial charge in [0.05, 0.1) is 138 Å². The van der Waals surface area contributed by atoms with Crippen LogP contribution in [0.2, 0.25) is 0 Å². The largest absolute Gasteiger partial charge is 0.447 e. The van der Waals surface area contributed by atoms with E-state index >= 15 is 0 Å². The number of carbonyl (C=O) groups is 6. The Morgan fingerprint density at radius 2 is 1.11 bits per heavy atom. The van der Waals surface area contributed by atoms with Crippen LogP contribution in [0.3, 0.4) is 0 Å². The Morgan fingerprint density at radius 1 is 0.627 bits per heavy atom. The van der Waals surface area contributed by atoms with Crippen LogP contribution in [0.1, 0.15) is 54.9 Å². The molecule has 420 valence electrons. The molecule has 4 N–H and O–H groups in total. The van der Waals surface area contributed by atoms with Crippen LogP contribution in [0.4, 0.5) is 10.5 Å². The molecule has 0 atom stereocenters. The molecule has 24 heteroatoms. The summed E-state index contributed by atoms with van der Waals surface area (Å²) in [5, 5.41) is 5.31. The highest BCUT2D eigenvalue weighted by molar-refractivity contribution is 6.14. The minimum atomic E-state index is -0.563. The number of benzene rings is 1. The fourth-order valence-corrected chi connectivity index (χ4v) is 7.39. The molecule has 3 aliphatic rings. The van der Waals surface area contributed by atoms with E-state index in [0.717, 1.165) is 55.0 Å². The molecule has 0 unspecified atom stereocenters. The number of ether oxygens (including phenoxy) is 11. The van der Waals surface area contributed by atoms with Crippen LogP contribution in [0, 0.1) is 0 Å². The molecular weight excluding hydrogens is 983 g/mol. The predicted octanol–water partition coefficient (Wildman–Crippen LogP) is 1.26. The maximum absolute atomic E-state index is 13.7. The zero-order chi connectivity index (χ0) is 53.6. The fraction of sp³-hybridized carbons (Fsp3) is 0.667. The molecule has 6 amide bonds. The average molecular weight is 1060 g/mol. The Hall–Kier alpha value is -5.41. The second-order valence-electron chi connectivity index (χ2n) is 17.0. The van der Waals surface area contributed by atoms with E-state index in [0.29, 0.717) is 168 Å². The average Bonchev–Trinajstić information content (AvgIpc) is 4.02. The first kappa shape index (κ1) is 62.1. The molecule has 3 aliphatic heterocycles. The molecule has 1 saturated heterocycles. The Kier molecular flexibility index (Phi) is 32.3. The van der Waals surface area contributed by atoms with Crippen LogP contribution in [0.5, 0.6) is 0 Å². The molecule has 75 heavy (non-hydrogen) atoms. The van der Waals surface area contributed by atoms with Crippen molar-refractivity contribution in [3.63, 3.8) is 0 Å². The van der Waals surface area contributed by atoms with Crippen molar-refractivity contribution in [3.8, 4) is 0 Å². The summed E-state index contributed by atoms with van der Waals surface area (Å²) >= 11 is 0. The second kappa shape index (κ2) is 39.0. The Balaban J connectivity index is 0.829. The normalized spacial score (nSPS) is 14.2. The summed E-state index contributed by atoms with van der Waals surface area (Å²) < 4.78 is 60.0. The predicted molar refractivity (Wildman–Crippen MR) is 273 cm³/mol. The summed E-state index contributed by atoms with van der Waals surface area (Å²) in [5.74, 6) is -1.29. The number of hydrogen-bond acceptors (Lipinski definition) is 19. The SMILES string of the molecule is CCCN(CCCNC(=O)OCCOCCOCCOCCOCCOCCOCCOCCOCCOCCOCCNC(=O)CN1C(=O)C=CC1=O)C(=O)C1=Cc2ccc(C(=O)N3CCCC3)cc2N=C(N)C1. The van der Waals surface area contributed by atoms with Crippen LogP contribution >= 0.6 is 0 Å². The van der Waals surface area contributed by atoms with Gasteiger partial charge in [-0.3, -0.25) is 28.9 Å². The van der Waals surface area contributed by atoms with Crippen molar-refractivity contribution in [1.82, 2.24) is 25.3 Å². The van der Waals surface area contributed by atoms with Gasteiger partial charge in [0.2, 0.25) is 11.8 Å². The number of nitrogens with two attached hydrogens (primary N) is 1. The second-order valence-corrected chi connectivity index (χ2v) is 17.0. The van der Waals surface area contributed by atoms with E-state index in [4.69, 9.17) is 57.8 Å². The Bertz CT molecular complexity index is 1950. The highest BCUT2D eigenvalue weighted by atomic mass is 16.6. The molecular formula is C51H79N7O17. The zero-order valence-electron chi connectivity index (χ0n) is 43.6. The molecule has 0 aliphatic carbocycles. The number of amidine groups is 1. The molecule has 0 saturated carbocycles. The minimum absolute atomic E-state index is 0.0210. The van der Waals surface area contributed by atoms with Gasteiger partial charge in [-0.15, -0.1) is 0 Å². The molecule has 24 nitrogen and oxygen atoms in total. The van der Waals surface area contributed by atoms with Crippen molar-refractivity contribution in [3.05, 3.63) is 47.1 Å². The van der Waals surface area contributed by atoms with Gasteiger partial charge >= 0.3 is 6.09 Å². The van der Waals surface area contributed by atoms with Crippen LogP contribution in [-0.2, 0) is 71.3 Å². The van der Waals surface area contributed by atoms with Gasteiger partial charge in [0.25, 0.3) is 17.7 Å². The smallest absolute Gasteiger partial charge is 0.407 e. The zero-order valence-corrected chi connectivity index (χ0v) is 43.6. The minimum Gasteiger partial charge on any atom is -0.447 e. The number of aliphatic imine (C=N–C) groups is 1. The molecule has 0 aromatic heterocycles. The number of carbonyl (C=O) groups excluding carboxylic acids is 6. The standard InChI is InChI=1S/C51H79N7O17/c1-2-12-56(50(63)43-37-41-6-7-42(38-44(41)55-45(52)39-43)49(62)57-13-3-4-14-57)15-5-10-54-51(64)75-36-35-74-34-33-73-32-31-72-30-29-71-28-27-70-26-25-69-24-23-68-22-21-67-20-19-66-18-17-65-16-11-53-46(59)40-58-47(60)8-9-48(58)61/h6-9,37-38H,2-5,10-36,39-40H2,1H3,(H2,52,55)(H,53,59)(H,54,64). The Labute approximate surface area is 439 Å². The van der Waals surface area contributed by atoms with Gasteiger partial charge in [-0.2, -0.15) is 0 Å². The number of fused-ring (bicyclic) bond motifs is 1. The van der Waals surface area contributed by atoms with Gasteiger partial charge in [-0.05, 0) is 43.9 Å². The first-order chi connectivity index (χ1) is 36.7. The van der Waals surface area contributed by atoms with Gasteiger partial charge in [0.15, 0.2) is 0 Å². The van der Waals surface area contributed by atoms with Crippen molar-refractivity contribution in [1.29, 1.82) is 0 Å². The summed E-state index contributed by atoms with van der Waals surface area (Å²) in [4.78, 5) is 82.6. The number of nitrogens with one attached hydrogen (secondary N) is 2. The van der Waals surface area contributed by atoms with Crippen LogP contribution in [-0.4, -0.2) is 241 Å². The van der Waals surface area contributed by atoms with Gasteiger partial charge in [0, 0.05) is 74.5 Å². The number of amides is 6. The Morgan fingerprint density at radius 3 is 1.60 bits per heavy atom. The molecule has 0 spiro atoms. The quantitative estimate of drug-likeness (QED) is 0.0613. The monoisotopic (exact) mass is 1060 g/mol. The number of rotatable bonds is 43. The van der Waals surface area contributed by atoms with Crippen molar-refractivity contribution >= 4 is 53.2 Å². The van der Waals surface area contributed by atoms with E-state index in [1.165, 1.54) is 0 Å². The van der Waals surface area contributed by atoms with Crippen molar-refractivity contribution in [2.24, 2.45) is 10.7 Å². The van der Waals surface area contributed by atoms with Crippen molar-refractivity contribution in [2.45, 2.75) is 39.0 Å². The summed E-state index contributed by atoms with van der Waals surface area (Å²) in [6, 6.07) is 5.35. The molecule has 4 rings (SSSR count). The van der Waals surface area contributed by atoms with E-state index in [2.05, 4.69) is 15.6 Å². The van der Waals surface area contributed by atoms with Gasteiger partial charge in [-0.1, -0.05) is 13.0 Å². The van der Waals surface area contributed by atoms with Crippen LogP contribution < -0.4 is 16.4 Å². The summed E-state index contributed by atoms with van der Waals surface area (Å²) in [5.41, 5.74) is 8.64.